The fraction of sp³-hybridized carbons (Fsp3) is 0. The van der Waals surface area contributed by atoms with Crippen LogP contribution in [0.1, 0.15) is 0 Å². The van der Waals surface area contributed by atoms with Gasteiger partial charge in [0.1, 0.15) is 0 Å². The minimum Gasteiger partial charge on any atom is -0.310 e. The van der Waals surface area contributed by atoms with Gasteiger partial charge in [-0.2, -0.15) is 0 Å². The lowest BCUT2D eigenvalue weighted by atomic mass is 9.85. The largest absolute Gasteiger partial charge is 0.310 e. The summed E-state index contributed by atoms with van der Waals surface area (Å²) < 4.78 is 2.64. The molecular formula is C62H41NS. The van der Waals surface area contributed by atoms with E-state index in [1.807, 2.05) is 11.3 Å². The van der Waals surface area contributed by atoms with Crippen molar-refractivity contribution in [2.45, 2.75) is 0 Å². The number of anilines is 3. The number of fused-ring (bicyclic) bond motifs is 6. The molecule has 0 bridgehead atoms. The second-order valence-corrected chi connectivity index (χ2v) is 17.4. The van der Waals surface area contributed by atoms with Crippen molar-refractivity contribution in [3.8, 4) is 55.6 Å². The first-order chi connectivity index (χ1) is 31.8. The minimum atomic E-state index is 1.09. The molecule has 1 aromatic heterocycles. The summed E-state index contributed by atoms with van der Waals surface area (Å²) in [6, 6.07) is 91.0. The second kappa shape index (κ2) is 16.0. The molecule has 300 valence electrons. The van der Waals surface area contributed by atoms with E-state index in [0.29, 0.717) is 0 Å². The van der Waals surface area contributed by atoms with E-state index in [4.69, 9.17) is 0 Å². The van der Waals surface area contributed by atoms with Crippen molar-refractivity contribution in [2.75, 3.05) is 4.90 Å². The maximum Gasteiger partial charge on any atom is 0.0468 e. The number of rotatable bonds is 8. The van der Waals surface area contributed by atoms with Gasteiger partial charge in [-0.15, -0.1) is 11.3 Å². The molecule has 0 saturated heterocycles. The highest BCUT2D eigenvalue weighted by Gasteiger charge is 2.22. The predicted molar refractivity (Wildman–Crippen MR) is 276 cm³/mol. The van der Waals surface area contributed by atoms with Gasteiger partial charge in [-0.25, -0.2) is 0 Å². The first-order valence-corrected chi connectivity index (χ1v) is 22.7. The van der Waals surface area contributed by atoms with Gasteiger partial charge in [-0.3, -0.25) is 0 Å². The Hall–Kier alpha value is -8.04. The Kier molecular flexibility index (Phi) is 9.43. The highest BCUT2D eigenvalue weighted by molar-refractivity contribution is 7.26. The van der Waals surface area contributed by atoms with Crippen molar-refractivity contribution >= 4 is 70.1 Å². The van der Waals surface area contributed by atoms with E-state index in [1.165, 1.54) is 97.4 Å². The van der Waals surface area contributed by atoms with Crippen LogP contribution in [0.3, 0.4) is 0 Å². The summed E-state index contributed by atoms with van der Waals surface area (Å²) in [5.41, 5.74) is 15.4. The van der Waals surface area contributed by atoms with Crippen molar-refractivity contribution in [3.05, 3.63) is 249 Å². The Bertz CT molecular complexity index is 3630. The van der Waals surface area contributed by atoms with E-state index in [2.05, 4.69) is 254 Å². The lowest BCUT2D eigenvalue weighted by Crippen LogP contribution is -2.10. The summed E-state index contributed by atoms with van der Waals surface area (Å²) in [7, 11) is 0. The Balaban J connectivity index is 1.11. The number of hydrogen-bond donors (Lipinski definition) is 0. The lowest BCUT2D eigenvalue weighted by Gasteiger charge is -2.28. The number of benzene rings is 11. The van der Waals surface area contributed by atoms with E-state index < -0.39 is 0 Å². The van der Waals surface area contributed by atoms with Crippen LogP contribution in [0.5, 0.6) is 0 Å². The molecule has 12 aromatic rings. The van der Waals surface area contributed by atoms with Gasteiger partial charge in [0.25, 0.3) is 0 Å². The van der Waals surface area contributed by atoms with Gasteiger partial charge in [0.05, 0.1) is 0 Å². The Labute approximate surface area is 377 Å². The predicted octanol–water partition coefficient (Wildman–Crippen LogP) is 18.2. The molecule has 2 heteroatoms. The molecule has 0 amide bonds. The Morgan fingerprint density at radius 1 is 0.250 bits per heavy atom. The molecule has 0 aliphatic carbocycles. The number of hydrogen-bond acceptors (Lipinski definition) is 2. The van der Waals surface area contributed by atoms with Crippen LogP contribution in [-0.2, 0) is 0 Å². The molecule has 11 aromatic carbocycles. The molecule has 0 aliphatic heterocycles. The van der Waals surface area contributed by atoms with Gasteiger partial charge in [0.15, 0.2) is 0 Å². The fourth-order valence-corrected chi connectivity index (χ4v) is 11.0. The van der Waals surface area contributed by atoms with Gasteiger partial charge in [0, 0.05) is 37.2 Å². The zero-order valence-electron chi connectivity index (χ0n) is 35.0. The molecule has 1 nitrogen and oxygen atoms in total. The van der Waals surface area contributed by atoms with Crippen LogP contribution in [0, 0.1) is 0 Å². The molecule has 12 rings (SSSR count). The van der Waals surface area contributed by atoms with Crippen LogP contribution in [0.15, 0.2) is 249 Å². The van der Waals surface area contributed by atoms with Crippen LogP contribution in [0.25, 0.3) is 97.4 Å². The van der Waals surface area contributed by atoms with Gasteiger partial charge >= 0.3 is 0 Å². The normalized spacial score (nSPS) is 11.4. The number of nitrogens with zero attached hydrogens (tertiary/aromatic N) is 1. The Morgan fingerprint density at radius 3 is 1.39 bits per heavy atom. The van der Waals surface area contributed by atoms with Crippen molar-refractivity contribution in [1.29, 1.82) is 0 Å². The molecule has 0 aliphatic rings. The lowest BCUT2D eigenvalue weighted by molar-refractivity contribution is 1.29. The summed E-state index contributed by atoms with van der Waals surface area (Å²) in [6.07, 6.45) is 0. The van der Waals surface area contributed by atoms with Crippen LogP contribution in [-0.4, -0.2) is 0 Å². The Morgan fingerprint density at radius 2 is 0.719 bits per heavy atom. The summed E-state index contributed by atoms with van der Waals surface area (Å²) in [5, 5.41) is 7.56. The quantitative estimate of drug-likeness (QED) is 0.138. The molecular weight excluding hydrogens is 791 g/mol. The molecule has 1 heterocycles. The molecule has 0 atom stereocenters. The molecule has 0 radical (unpaired) electrons. The van der Waals surface area contributed by atoms with Crippen LogP contribution >= 0.6 is 11.3 Å². The van der Waals surface area contributed by atoms with Crippen molar-refractivity contribution < 1.29 is 0 Å². The van der Waals surface area contributed by atoms with Gasteiger partial charge in [0.2, 0.25) is 0 Å². The maximum absolute atomic E-state index is 2.44. The monoisotopic (exact) mass is 831 g/mol. The SMILES string of the molecule is c1ccc(-c2ccc(N(c3ccc(-c4cccc5c4sc4ccccc45)cc3)c3ccc4c(c3)c(-c3ccccc3)c(-c3ccccc3)c3ccccc34)cc2-c2ccccc2)cc1. The third-order valence-electron chi connectivity index (χ3n) is 12.7. The first-order valence-electron chi connectivity index (χ1n) is 21.9. The molecule has 0 N–H and O–H groups in total. The highest BCUT2D eigenvalue weighted by atomic mass is 32.1. The van der Waals surface area contributed by atoms with Crippen LogP contribution in [0.4, 0.5) is 17.1 Å². The third kappa shape index (κ3) is 6.55. The zero-order valence-corrected chi connectivity index (χ0v) is 35.8. The fourth-order valence-electron chi connectivity index (χ4n) is 9.74. The summed E-state index contributed by atoms with van der Waals surface area (Å²) in [4.78, 5) is 2.44. The summed E-state index contributed by atoms with van der Waals surface area (Å²) >= 11 is 1.88. The van der Waals surface area contributed by atoms with Crippen LogP contribution in [0.2, 0.25) is 0 Å². The molecule has 0 spiro atoms. The van der Waals surface area contributed by atoms with Gasteiger partial charge < -0.3 is 4.90 Å². The summed E-state index contributed by atoms with van der Waals surface area (Å²) in [6.45, 7) is 0. The standard InChI is InChI=1S/C62H41NS/c1-5-18-42(19-6-1)50-38-36-48(40-57(50)43-20-7-2-8-21-43)63(47-34-32-44(33-35-47)51-29-17-30-56-54-27-15-16-31-59(54)64-62(51)56)49-37-39-53-52-26-13-14-28-55(52)60(45-22-9-3-10-23-45)61(58(53)41-49)46-24-11-4-12-25-46/h1-41H. The van der Waals surface area contributed by atoms with E-state index >= 15 is 0 Å². The van der Waals surface area contributed by atoms with E-state index in [-0.39, 0.29) is 0 Å². The first kappa shape index (κ1) is 37.7. The van der Waals surface area contributed by atoms with Crippen molar-refractivity contribution in [1.82, 2.24) is 0 Å². The van der Waals surface area contributed by atoms with Crippen molar-refractivity contribution in [3.63, 3.8) is 0 Å². The minimum absolute atomic E-state index is 1.09. The van der Waals surface area contributed by atoms with E-state index in [0.717, 1.165) is 17.1 Å². The zero-order chi connectivity index (χ0) is 42.4. The number of thiophene rings is 1. The second-order valence-electron chi connectivity index (χ2n) is 16.4. The average Bonchev–Trinajstić information content (AvgIpc) is 3.76. The van der Waals surface area contributed by atoms with E-state index in [1.54, 1.807) is 0 Å². The van der Waals surface area contributed by atoms with E-state index in [9.17, 15) is 0 Å². The van der Waals surface area contributed by atoms with Gasteiger partial charge in [-0.1, -0.05) is 206 Å². The molecule has 0 saturated carbocycles. The topological polar surface area (TPSA) is 3.24 Å². The van der Waals surface area contributed by atoms with Gasteiger partial charge in [-0.05, 0) is 120 Å². The summed E-state index contributed by atoms with van der Waals surface area (Å²) in [5.74, 6) is 0. The maximum atomic E-state index is 2.44. The smallest absolute Gasteiger partial charge is 0.0468 e. The average molecular weight is 832 g/mol. The molecule has 0 fully saturated rings. The van der Waals surface area contributed by atoms with Crippen molar-refractivity contribution in [2.24, 2.45) is 0 Å². The van der Waals surface area contributed by atoms with Crippen LogP contribution < -0.4 is 4.90 Å². The molecule has 64 heavy (non-hydrogen) atoms. The highest BCUT2D eigenvalue weighted by Crippen LogP contribution is 2.48. The molecule has 0 unspecified atom stereocenters. The third-order valence-corrected chi connectivity index (χ3v) is 13.9.